The summed E-state index contributed by atoms with van der Waals surface area (Å²) in [5.74, 6) is 1.74. The second-order valence-electron chi connectivity index (χ2n) is 5.72. The normalized spacial score (nSPS) is 10.6. The van der Waals surface area contributed by atoms with Gasteiger partial charge in [-0.2, -0.15) is 4.98 Å². The Morgan fingerprint density at radius 2 is 1.61 bits per heavy atom. The quantitative estimate of drug-likeness (QED) is 0.735. The highest BCUT2D eigenvalue weighted by molar-refractivity contribution is 5.64. The largest absolute Gasteiger partial charge is 0.370 e. The number of hydrogen-bond donors (Lipinski definition) is 1. The van der Waals surface area contributed by atoms with Crippen LogP contribution in [0.25, 0.3) is 11.3 Å². The van der Waals surface area contributed by atoms with E-state index >= 15 is 0 Å². The van der Waals surface area contributed by atoms with Gasteiger partial charge < -0.3 is 10.2 Å². The summed E-state index contributed by atoms with van der Waals surface area (Å²) in [6.07, 6.45) is 3.26. The number of anilines is 2. The molecule has 124 valence electrons. The lowest BCUT2D eigenvalue weighted by molar-refractivity contribution is 0.722. The molecule has 0 spiro atoms. The van der Waals surface area contributed by atoms with Gasteiger partial charge in [-0.15, -0.1) is 0 Å². The van der Waals surface area contributed by atoms with Gasteiger partial charge in [0.05, 0.1) is 5.69 Å². The van der Waals surface area contributed by atoms with Crippen molar-refractivity contribution in [2.24, 2.45) is 0 Å². The van der Waals surface area contributed by atoms with E-state index in [9.17, 15) is 0 Å². The average molecular weight is 312 g/mol. The summed E-state index contributed by atoms with van der Waals surface area (Å²) < 4.78 is 0. The van der Waals surface area contributed by atoms with Crippen LogP contribution in [0.4, 0.5) is 11.8 Å². The second kappa shape index (κ2) is 9.13. The summed E-state index contributed by atoms with van der Waals surface area (Å²) >= 11 is 0. The van der Waals surface area contributed by atoms with Crippen LogP contribution in [0.15, 0.2) is 36.4 Å². The van der Waals surface area contributed by atoms with Crippen molar-refractivity contribution >= 4 is 11.8 Å². The molecule has 2 aromatic rings. The predicted molar refractivity (Wildman–Crippen MR) is 99.0 cm³/mol. The molecule has 1 N–H and O–H groups in total. The minimum Gasteiger partial charge on any atom is -0.370 e. The maximum atomic E-state index is 4.82. The van der Waals surface area contributed by atoms with Crippen molar-refractivity contribution in [3.8, 4) is 11.3 Å². The van der Waals surface area contributed by atoms with Gasteiger partial charge in [-0.25, -0.2) is 4.98 Å². The third-order valence-corrected chi connectivity index (χ3v) is 3.61. The van der Waals surface area contributed by atoms with Crippen LogP contribution in [0.3, 0.4) is 0 Å². The number of aromatic nitrogens is 2. The average Bonchev–Trinajstić information content (AvgIpc) is 2.60. The smallest absolute Gasteiger partial charge is 0.227 e. The Labute approximate surface area is 140 Å². The molecule has 0 radical (unpaired) electrons. The summed E-state index contributed by atoms with van der Waals surface area (Å²) in [6, 6.07) is 12.4. The number of rotatable bonds is 9. The molecule has 0 aliphatic rings. The third-order valence-electron chi connectivity index (χ3n) is 3.61. The first kappa shape index (κ1) is 17.3. The topological polar surface area (TPSA) is 41.1 Å². The van der Waals surface area contributed by atoms with Crippen LogP contribution in [-0.4, -0.2) is 29.6 Å². The first-order valence-corrected chi connectivity index (χ1v) is 8.71. The Balaban J connectivity index is 2.39. The molecule has 0 saturated carbocycles. The maximum absolute atomic E-state index is 4.82. The van der Waals surface area contributed by atoms with E-state index in [0.29, 0.717) is 0 Å². The number of benzene rings is 1. The van der Waals surface area contributed by atoms with Gasteiger partial charge in [-0.3, -0.25) is 0 Å². The predicted octanol–water partition coefficient (Wildman–Crippen LogP) is 4.59. The lowest BCUT2D eigenvalue weighted by Gasteiger charge is -2.22. The van der Waals surface area contributed by atoms with Gasteiger partial charge in [0.25, 0.3) is 0 Å². The highest BCUT2D eigenvalue weighted by Gasteiger charge is 2.12. The first-order chi connectivity index (χ1) is 11.3. The molecule has 0 bridgehead atoms. The van der Waals surface area contributed by atoms with E-state index in [-0.39, 0.29) is 0 Å². The first-order valence-electron chi connectivity index (χ1n) is 8.71. The lowest BCUT2D eigenvalue weighted by atomic mass is 10.1. The molecular formula is C19H28N4. The van der Waals surface area contributed by atoms with Crippen molar-refractivity contribution in [1.29, 1.82) is 0 Å². The van der Waals surface area contributed by atoms with Crippen LogP contribution in [-0.2, 0) is 0 Å². The third kappa shape index (κ3) is 4.95. The molecule has 1 aromatic heterocycles. The monoisotopic (exact) mass is 312 g/mol. The molecule has 1 aromatic carbocycles. The van der Waals surface area contributed by atoms with Gasteiger partial charge >= 0.3 is 0 Å². The van der Waals surface area contributed by atoms with Crippen molar-refractivity contribution in [2.75, 3.05) is 29.9 Å². The molecule has 0 amide bonds. The highest BCUT2D eigenvalue weighted by Crippen LogP contribution is 2.23. The second-order valence-corrected chi connectivity index (χ2v) is 5.72. The Hall–Kier alpha value is -2.10. The van der Waals surface area contributed by atoms with Crippen LogP contribution in [0.5, 0.6) is 0 Å². The van der Waals surface area contributed by atoms with E-state index in [2.05, 4.69) is 43.1 Å². The molecule has 2 rings (SSSR count). The molecular weight excluding hydrogens is 284 g/mol. The van der Waals surface area contributed by atoms with Crippen LogP contribution in [0.2, 0.25) is 0 Å². The number of nitrogens with one attached hydrogen (secondary N) is 1. The molecule has 4 heteroatoms. The van der Waals surface area contributed by atoms with E-state index in [1.54, 1.807) is 0 Å². The van der Waals surface area contributed by atoms with Crippen LogP contribution in [0, 0.1) is 0 Å². The van der Waals surface area contributed by atoms with E-state index in [1.807, 2.05) is 24.3 Å². The van der Waals surface area contributed by atoms with Gasteiger partial charge in [0.1, 0.15) is 5.82 Å². The van der Waals surface area contributed by atoms with Gasteiger partial charge in [0.2, 0.25) is 5.95 Å². The van der Waals surface area contributed by atoms with E-state index in [4.69, 9.17) is 9.97 Å². The zero-order chi connectivity index (χ0) is 16.5. The van der Waals surface area contributed by atoms with Crippen LogP contribution < -0.4 is 10.2 Å². The highest BCUT2D eigenvalue weighted by atomic mass is 15.3. The summed E-state index contributed by atoms with van der Waals surface area (Å²) in [5.41, 5.74) is 2.11. The van der Waals surface area contributed by atoms with Crippen LogP contribution >= 0.6 is 0 Å². The van der Waals surface area contributed by atoms with Crippen molar-refractivity contribution in [1.82, 2.24) is 9.97 Å². The zero-order valence-electron chi connectivity index (χ0n) is 14.5. The van der Waals surface area contributed by atoms with Crippen molar-refractivity contribution in [3.05, 3.63) is 36.4 Å². The van der Waals surface area contributed by atoms with Gasteiger partial charge in [-0.05, 0) is 19.3 Å². The Kier molecular flexibility index (Phi) is 6.85. The van der Waals surface area contributed by atoms with Crippen molar-refractivity contribution in [2.45, 2.75) is 40.0 Å². The van der Waals surface area contributed by atoms with Crippen LogP contribution in [0.1, 0.15) is 40.0 Å². The van der Waals surface area contributed by atoms with Gasteiger partial charge in [0.15, 0.2) is 0 Å². The summed E-state index contributed by atoms with van der Waals surface area (Å²) in [4.78, 5) is 11.8. The summed E-state index contributed by atoms with van der Waals surface area (Å²) in [5, 5.41) is 3.41. The molecule has 0 aliphatic carbocycles. The molecule has 0 saturated heterocycles. The Bertz CT molecular complexity index is 577. The molecule has 1 heterocycles. The Morgan fingerprint density at radius 3 is 2.22 bits per heavy atom. The zero-order valence-corrected chi connectivity index (χ0v) is 14.5. The molecule has 0 atom stereocenters. The SMILES string of the molecule is CCCNc1cc(-c2ccccc2)nc(N(CCC)CCC)n1. The molecule has 0 unspecified atom stereocenters. The van der Waals surface area contributed by atoms with Crippen molar-refractivity contribution in [3.63, 3.8) is 0 Å². The van der Waals surface area contributed by atoms with E-state index in [0.717, 1.165) is 61.9 Å². The van der Waals surface area contributed by atoms with E-state index < -0.39 is 0 Å². The molecule has 0 aliphatic heterocycles. The fraction of sp³-hybridized carbons (Fsp3) is 0.474. The summed E-state index contributed by atoms with van der Waals surface area (Å²) in [7, 11) is 0. The lowest BCUT2D eigenvalue weighted by Crippen LogP contribution is -2.27. The van der Waals surface area contributed by atoms with Crippen molar-refractivity contribution < 1.29 is 0 Å². The number of nitrogens with zero attached hydrogens (tertiary/aromatic N) is 3. The summed E-state index contributed by atoms with van der Waals surface area (Å²) in [6.45, 7) is 9.44. The number of hydrogen-bond acceptors (Lipinski definition) is 4. The minimum absolute atomic E-state index is 0.827. The minimum atomic E-state index is 0.827. The molecule has 23 heavy (non-hydrogen) atoms. The maximum Gasteiger partial charge on any atom is 0.227 e. The van der Waals surface area contributed by atoms with E-state index in [1.165, 1.54) is 0 Å². The fourth-order valence-electron chi connectivity index (χ4n) is 2.53. The molecule has 0 fully saturated rings. The van der Waals surface area contributed by atoms with Gasteiger partial charge in [-0.1, -0.05) is 51.1 Å². The fourth-order valence-corrected chi connectivity index (χ4v) is 2.53. The standard InChI is InChI=1S/C19H28N4/c1-4-12-20-18-15-17(16-10-8-7-9-11-16)21-19(22-18)23(13-5-2)14-6-3/h7-11,15H,4-6,12-14H2,1-3H3,(H,20,21,22). The van der Waals surface area contributed by atoms with Gasteiger partial charge in [0, 0.05) is 31.3 Å². The molecule has 4 nitrogen and oxygen atoms in total. The Morgan fingerprint density at radius 1 is 0.913 bits per heavy atom.